The molecule has 2 heterocycles. The summed E-state index contributed by atoms with van der Waals surface area (Å²) >= 11 is 6.92. The Morgan fingerprint density at radius 3 is 2.57 bits per heavy atom. The highest BCUT2D eigenvalue weighted by atomic mass is 35.5. The first-order valence-corrected chi connectivity index (χ1v) is 9.50. The van der Waals surface area contributed by atoms with E-state index in [1.807, 2.05) is 13.8 Å². The average molecular weight is 419 g/mol. The average Bonchev–Trinajstić information content (AvgIpc) is 3.22. The third kappa shape index (κ3) is 4.55. The number of nitrogens with zero attached hydrogens (tertiary/aromatic N) is 2. The summed E-state index contributed by atoms with van der Waals surface area (Å²) in [6.07, 6.45) is 2.84. The van der Waals surface area contributed by atoms with E-state index in [0.717, 1.165) is 22.6 Å². The zero-order chi connectivity index (χ0) is 20.3. The van der Waals surface area contributed by atoms with Crippen molar-refractivity contribution in [3.05, 3.63) is 74.5 Å². The molecule has 0 aliphatic rings. The molecule has 3 rings (SSSR count). The fourth-order valence-electron chi connectivity index (χ4n) is 2.60. The fraction of sp³-hybridized carbons (Fsp3) is 0.150. The Morgan fingerprint density at radius 1 is 1.21 bits per heavy atom. The molecule has 5 nitrogen and oxygen atoms in total. The van der Waals surface area contributed by atoms with Crippen molar-refractivity contribution in [2.75, 3.05) is 6.61 Å². The summed E-state index contributed by atoms with van der Waals surface area (Å²) in [6, 6.07) is 9.17. The first-order valence-electron chi connectivity index (χ1n) is 8.30. The van der Waals surface area contributed by atoms with Crippen LogP contribution < -0.4 is 0 Å². The molecule has 28 heavy (non-hydrogen) atoms. The third-order valence-electron chi connectivity index (χ3n) is 4.00. The zero-order valence-corrected chi connectivity index (χ0v) is 16.7. The number of benzene rings is 1. The summed E-state index contributed by atoms with van der Waals surface area (Å²) in [5.74, 6) is -1.27. The lowest BCUT2D eigenvalue weighted by atomic mass is 10.2. The number of aryl methyl sites for hydroxylation is 1. The van der Waals surface area contributed by atoms with Gasteiger partial charge in [0.05, 0.1) is 20.6 Å². The molecule has 0 spiro atoms. The molecule has 144 valence electrons. The molecule has 0 radical (unpaired) electrons. The van der Waals surface area contributed by atoms with Crippen molar-refractivity contribution in [1.82, 2.24) is 9.78 Å². The van der Waals surface area contributed by atoms with Gasteiger partial charge in [0.15, 0.2) is 6.61 Å². The number of ketones is 1. The topological polar surface area (TPSA) is 61.2 Å². The quantitative estimate of drug-likeness (QED) is 0.328. The second-order valence-corrected chi connectivity index (χ2v) is 7.66. The van der Waals surface area contributed by atoms with Gasteiger partial charge < -0.3 is 4.74 Å². The molecule has 3 aromatic rings. The summed E-state index contributed by atoms with van der Waals surface area (Å²) in [4.78, 5) is 24.3. The standard InChI is InChI=1S/C20H16ClFN2O3S/c1-12-16(13(2)24(23-12)15-5-3-14(22)4-6-15)7-10-20(26)27-11-17(25)18-8-9-19(21)28-18/h3-10H,11H2,1-2H3/b10-7+. The van der Waals surface area contributed by atoms with Crippen molar-refractivity contribution < 1.29 is 18.7 Å². The van der Waals surface area contributed by atoms with Crippen LogP contribution in [0.5, 0.6) is 0 Å². The molecule has 1 aromatic carbocycles. The van der Waals surface area contributed by atoms with E-state index < -0.39 is 5.97 Å². The molecule has 0 bridgehead atoms. The number of carbonyl (C=O) groups is 2. The van der Waals surface area contributed by atoms with Gasteiger partial charge in [-0.25, -0.2) is 13.9 Å². The number of carbonyl (C=O) groups excluding carboxylic acids is 2. The number of thiophene rings is 1. The predicted molar refractivity (Wildman–Crippen MR) is 107 cm³/mol. The van der Waals surface area contributed by atoms with Crippen molar-refractivity contribution in [2.45, 2.75) is 13.8 Å². The second kappa shape index (κ2) is 8.50. The van der Waals surface area contributed by atoms with Crippen molar-refractivity contribution in [3.8, 4) is 5.69 Å². The predicted octanol–water partition coefficient (Wildman–Crippen LogP) is 4.78. The normalized spacial score (nSPS) is 11.1. The van der Waals surface area contributed by atoms with Gasteiger partial charge in [0.25, 0.3) is 0 Å². The summed E-state index contributed by atoms with van der Waals surface area (Å²) in [6.45, 7) is 3.30. The fourth-order valence-corrected chi connectivity index (χ4v) is 3.57. The number of Topliss-reactive ketones (excluding diaryl/α,β-unsaturated/α-hetero) is 1. The number of esters is 1. The SMILES string of the molecule is Cc1nn(-c2ccc(F)cc2)c(C)c1/C=C/C(=O)OCC(=O)c1ccc(Cl)s1. The number of rotatable bonds is 6. The molecule has 0 N–H and O–H groups in total. The number of hydrogen-bond donors (Lipinski definition) is 0. The lowest BCUT2D eigenvalue weighted by Crippen LogP contribution is -2.11. The molecule has 0 saturated heterocycles. The van der Waals surface area contributed by atoms with E-state index in [-0.39, 0.29) is 18.2 Å². The molecule has 8 heteroatoms. The van der Waals surface area contributed by atoms with Crippen LogP contribution in [0, 0.1) is 19.7 Å². The van der Waals surface area contributed by atoms with Gasteiger partial charge in [0.1, 0.15) is 5.82 Å². The lowest BCUT2D eigenvalue weighted by molar-refractivity contribution is -0.136. The Balaban J connectivity index is 1.67. The zero-order valence-electron chi connectivity index (χ0n) is 15.1. The van der Waals surface area contributed by atoms with Crippen LogP contribution in [0.25, 0.3) is 11.8 Å². The molecule has 0 aliphatic heterocycles. The molecule has 0 atom stereocenters. The molecule has 0 unspecified atom stereocenters. The minimum atomic E-state index is -0.635. The van der Waals surface area contributed by atoms with E-state index in [9.17, 15) is 14.0 Å². The summed E-state index contributed by atoms with van der Waals surface area (Å²) in [5, 5.41) is 4.43. The van der Waals surface area contributed by atoms with Crippen LogP contribution in [0.15, 0.2) is 42.5 Å². The number of hydrogen-bond acceptors (Lipinski definition) is 5. The second-order valence-electron chi connectivity index (χ2n) is 5.94. The highest BCUT2D eigenvalue weighted by Crippen LogP contribution is 2.22. The van der Waals surface area contributed by atoms with Gasteiger partial charge in [-0.3, -0.25) is 4.79 Å². The van der Waals surface area contributed by atoms with E-state index in [1.54, 1.807) is 35.0 Å². The number of aromatic nitrogens is 2. The maximum Gasteiger partial charge on any atom is 0.331 e. The summed E-state index contributed by atoms with van der Waals surface area (Å²) in [7, 11) is 0. The van der Waals surface area contributed by atoms with E-state index >= 15 is 0 Å². The molecule has 0 saturated carbocycles. The first-order chi connectivity index (χ1) is 13.3. The van der Waals surface area contributed by atoms with E-state index in [4.69, 9.17) is 16.3 Å². The van der Waals surface area contributed by atoms with Crippen LogP contribution in [-0.4, -0.2) is 28.1 Å². The van der Waals surface area contributed by atoms with Crippen LogP contribution >= 0.6 is 22.9 Å². The van der Waals surface area contributed by atoms with Gasteiger partial charge in [-0.1, -0.05) is 11.6 Å². The number of ether oxygens (including phenoxy) is 1. The largest absolute Gasteiger partial charge is 0.454 e. The Hall–Kier alpha value is -2.77. The van der Waals surface area contributed by atoms with Crippen LogP contribution in [0.4, 0.5) is 4.39 Å². The van der Waals surface area contributed by atoms with Crippen LogP contribution in [0.1, 0.15) is 26.6 Å². The molecular weight excluding hydrogens is 403 g/mol. The van der Waals surface area contributed by atoms with E-state index in [1.165, 1.54) is 18.2 Å². The Bertz CT molecular complexity index is 1050. The molecule has 0 amide bonds. The van der Waals surface area contributed by atoms with E-state index in [0.29, 0.717) is 20.6 Å². The monoisotopic (exact) mass is 418 g/mol. The summed E-state index contributed by atoms with van der Waals surface area (Å²) < 4.78 is 20.3. The van der Waals surface area contributed by atoms with Gasteiger partial charge in [-0.05, 0) is 56.3 Å². The molecule has 0 fully saturated rings. The van der Waals surface area contributed by atoms with Crippen LogP contribution in [0.3, 0.4) is 0 Å². The van der Waals surface area contributed by atoms with Gasteiger partial charge in [0.2, 0.25) is 5.78 Å². The molecule has 2 aromatic heterocycles. The van der Waals surface area contributed by atoms with Crippen molar-refractivity contribution in [2.24, 2.45) is 0 Å². The first kappa shape index (κ1) is 20.0. The summed E-state index contributed by atoms with van der Waals surface area (Å²) in [5.41, 5.74) is 2.95. The van der Waals surface area contributed by atoms with Crippen molar-refractivity contribution >= 4 is 40.8 Å². The smallest absolute Gasteiger partial charge is 0.331 e. The van der Waals surface area contributed by atoms with Gasteiger partial charge in [-0.15, -0.1) is 11.3 Å². The maximum absolute atomic E-state index is 13.1. The van der Waals surface area contributed by atoms with Crippen LogP contribution in [0.2, 0.25) is 4.34 Å². The van der Waals surface area contributed by atoms with E-state index in [2.05, 4.69) is 5.10 Å². The van der Waals surface area contributed by atoms with Gasteiger partial charge in [-0.2, -0.15) is 5.10 Å². The number of halogens is 2. The molecule has 0 aliphatic carbocycles. The minimum Gasteiger partial charge on any atom is -0.454 e. The van der Waals surface area contributed by atoms with Crippen LogP contribution in [-0.2, 0) is 9.53 Å². The van der Waals surface area contributed by atoms with Gasteiger partial charge >= 0.3 is 5.97 Å². The Kier molecular flexibility index (Phi) is 6.06. The van der Waals surface area contributed by atoms with Crippen molar-refractivity contribution in [3.63, 3.8) is 0 Å². The Morgan fingerprint density at radius 2 is 1.93 bits per heavy atom. The third-order valence-corrected chi connectivity index (χ3v) is 5.27. The maximum atomic E-state index is 13.1. The minimum absolute atomic E-state index is 0.310. The highest BCUT2D eigenvalue weighted by molar-refractivity contribution is 7.18. The Labute approximate surface area is 170 Å². The van der Waals surface area contributed by atoms with Gasteiger partial charge in [0, 0.05) is 17.3 Å². The lowest BCUT2D eigenvalue weighted by Gasteiger charge is -2.04. The van der Waals surface area contributed by atoms with Crippen molar-refractivity contribution in [1.29, 1.82) is 0 Å². The highest BCUT2D eigenvalue weighted by Gasteiger charge is 2.13. The molecular formula is C20H16ClFN2O3S.